The van der Waals surface area contributed by atoms with Crippen LogP contribution >= 0.6 is 0 Å². The molecule has 0 unspecified atom stereocenters. The van der Waals surface area contributed by atoms with Crippen molar-refractivity contribution < 1.29 is 112 Å². The van der Waals surface area contributed by atoms with Crippen LogP contribution in [0.5, 0.6) is 0 Å². The van der Waals surface area contributed by atoms with E-state index >= 15 is 0 Å². The normalized spacial score (nSPS) is 2.33. The topological polar surface area (TPSA) is 51.2 Å². The fourth-order valence-electron chi connectivity index (χ4n) is 0. The standard InChI is InChI=1S/Gd.3O.Yb.Zr. The third-order valence-corrected chi connectivity index (χ3v) is 0. The molecule has 44 valence electrons. The molecular weight excluding hydrogens is 470 g/mol. The molecule has 0 fully saturated rings. The van der Waals surface area contributed by atoms with Crippen molar-refractivity contribution in [2.75, 3.05) is 0 Å². The van der Waals surface area contributed by atoms with Crippen LogP contribution in [0.1, 0.15) is 0 Å². The third-order valence-electron chi connectivity index (χ3n) is 0. The van der Waals surface area contributed by atoms with Crippen molar-refractivity contribution in [2.24, 2.45) is 0 Å². The summed E-state index contributed by atoms with van der Waals surface area (Å²) in [4.78, 5) is 0. The molecule has 6 heavy (non-hydrogen) atoms. The van der Waals surface area contributed by atoms with Crippen molar-refractivity contribution in [2.45, 2.75) is 0 Å². The molecule has 0 aromatic heterocycles. The molecule has 0 aliphatic rings. The van der Waals surface area contributed by atoms with E-state index in [4.69, 9.17) is 4.26 Å². The van der Waals surface area contributed by atoms with E-state index in [1.807, 2.05) is 0 Å². The van der Waals surface area contributed by atoms with Crippen molar-refractivity contribution in [3.8, 4) is 0 Å². The Balaban J connectivity index is -0.0000000225. The van der Waals surface area contributed by atoms with Crippen molar-refractivity contribution in [3.63, 3.8) is 0 Å². The van der Waals surface area contributed by atoms with Gasteiger partial charge in [-0.05, 0) is 0 Å². The summed E-state index contributed by atoms with van der Waals surface area (Å²) >= 11 is 2.36. The van der Waals surface area contributed by atoms with E-state index in [0.29, 0.717) is 62.7 Å². The first kappa shape index (κ1) is 16.1. The van der Waals surface area contributed by atoms with Crippen LogP contribution in [0.4, 0.5) is 0 Å². The van der Waals surface area contributed by atoms with Gasteiger partial charge in [0.15, 0.2) is 0 Å². The van der Waals surface area contributed by atoms with Crippen LogP contribution in [0.25, 0.3) is 0 Å². The van der Waals surface area contributed by atoms with Gasteiger partial charge >= 0.3 is 112 Å². The summed E-state index contributed by atoms with van der Waals surface area (Å²) in [6.45, 7) is 0. The summed E-state index contributed by atoms with van der Waals surface area (Å²) < 4.78 is 24.7. The Morgan fingerprint density at radius 2 is 1.17 bits per heavy atom. The van der Waals surface area contributed by atoms with Crippen molar-refractivity contribution in [1.82, 2.24) is 0 Å². The summed E-state index contributed by atoms with van der Waals surface area (Å²) in [5, 5.41) is 0. The van der Waals surface area contributed by atoms with Gasteiger partial charge in [-0.2, -0.15) is 0 Å². The SMILES string of the molecule is [O]=[Gd].[O]=[Yb].[O]=[Zr]. The molecule has 0 saturated carbocycles. The molecule has 0 rings (SSSR count). The first-order valence-corrected chi connectivity index (χ1v) is 3.09. The molecular formula is GdO3YbZr. The molecule has 0 amide bonds. The fraction of sp³-hybridized carbons (Fsp3) is 0. The molecule has 3 nitrogen and oxygen atoms in total. The van der Waals surface area contributed by atoms with Gasteiger partial charge in [0.1, 0.15) is 0 Å². The average Bonchev–Trinajstić information content (AvgIpc) is 1.81. The van der Waals surface area contributed by atoms with Crippen LogP contribution in [-0.2, 0) is 29.0 Å². The Morgan fingerprint density at radius 3 is 1.17 bits per heavy atom. The maximum absolute atomic E-state index is 8.34. The monoisotopic (exact) mass is 470 g/mol. The summed E-state index contributed by atoms with van der Waals surface area (Å²) in [5.74, 6) is 0. The third kappa shape index (κ3) is 27.4. The van der Waals surface area contributed by atoms with Crippen LogP contribution in [0.15, 0.2) is 0 Å². The van der Waals surface area contributed by atoms with E-state index in [1.165, 1.54) is 44.8 Å². The Kier molecular flexibility index (Phi) is 113. The van der Waals surface area contributed by atoms with Gasteiger partial charge < -0.3 is 0 Å². The van der Waals surface area contributed by atoms with Gasteiger partial charge in [0.25, 0.3) is 0 Å². The fourth-order valence-corrected chi connectivity index (χ4v) is 0. The molecule has 0 aromatic rings. The maximum atomic E-state index is 8.34. The van der Waals surface area contributed by atoms with E-state index in [1.54, 1.807) is 0 Å². The second kappa shape index (κ2) is 42.2. The van der Waals surface area contributed by atoms with Crippen molar-refractivity contribution >= 4 is 0 Å². The predicted molar refractivity (Wildman–Crippen MR) is 2.06 cm³/mol. The second-order valence-electron chi connectivity index (χ2n) is 0. The molecule has 0 N–H and O–H groups in total. The Bertz CT molecular complexity index is 15.5. The summed E-state index contributed by atoms with van der Waals surface area (Å²) in [7, 11) is 0. The molecule has 0 aromatic carbocycles. The number of rotatable bonds is 0. The van der Waals surface area contributed by atoms with E-state index in [2.05, 4.69) is 0 Å². The van der Waals surface area contributed by atoms with Crippen LogP contribution < -0.4 is 0 Å². The minimum atomic E-state index is 0.300. The van der Waals surface area contributed by atoms with Gasteiger partial charge in [0, 0.05) is 0 Å². The van der Waals surface area contributed by atoms with Crippen molar-refractivity contribution in [1.29, 1.82) is 0 Å². The van der Waals surface area contributed by atoms with Crippen molar-refractivity contribution in [3.05, 3.63) is 0 Å². The zero-order chi connectivity index (χ0) is 6.00. The van der Waals surface area contributed by atoms with Gasteiger partial charge in [-0.25, -0.2) is 0 Å². The first-order chi connectivity index (χ1) is 3.00. The summed E-state index contributed by atoms with van der Waals surface area (Å²) in [6, 6.07) is 0. The first-order valence-electron chi connectivity index (χ1n) is 0.458. The molecule has 0 bridgehead atoms. The van der Waals surface area contributed by atoms with Gasteiger partial charge in [-0.1, -0.05) is 0 Å². The van der Waals surface area contributed by atoms with Gasteiger partial charge in [-0.3, -0.25) is 0 Å². The Morgan fingerprint density at radius 1 is 1.17 bits per heavy atom. The van der Waals surface area contributed by atoms with Gasteiger partial charge in [-0.15, -0.1) is 0 Å². The molecule has 0 radical (unpaired) electrons. The van der Waals surface area contributed by atoms with E-state index in [-0.39, 0.29) is 0 Å². The summed E-state index contributed by atoms with van der Waals surface area (Å²) in [5.41, 5.74) is 0. The molecule has 0 atom stereocenters. The molecule has 6 heteroatoms. The van der Waals surface area contributed by atoms with Crippen LogP contribution in [0, 0.1) is 82.8 Å². The van der Waals surface area contributed by atoms with E-state index in [9.17, 15) is 0 Å². The zero-order valence-corrected chi connectivity index (χ0v) is 8.79. The van der Waals surface area contributed by atoms with Crippen LogP contribution in [-0.4, -0.2) is 0 Å². The van der Waals surface area contributed by atoms with E-state index < -0.39 is 0 Å². The molecule has 0 aliphatic carbocycles. The minimum absolute atomic E-state index is 0.300. The Hall–Kier alpha value is 3.13. The van der Waals surface area contributed by atoms with Gasteiger partial charge in [0.05, 0.1) is 0 Å². The van der Waals surface area contributed by atoms with Gasteiger partial charge in [0.2, 0.25) is 0 Å². The van der Waals surface area contributed by atoms with E-state index in [0.717, 1.165) is 0 Å². The van der Waals surface area contributed by atoms with Crippen LogP contribution in [0.2, 0.25) is 0 Å². The number of hydrogen-bond donors (Lipinski definition) is 0. The molecule has 0 heterocycles. The average molecular weight is 470 g/mol. The zero-order valence-electron chi connectivity index (χ0n) is 2.35. The Labute approximate surface area is 108 Å². The molecule has 0 saturated heterocycles. The molecule has 0 spiro atoms. The second-order valence-corrected chi connectivity index (χ2v) is 0. The predicted octanol–water partition coefficient (Wildman–Crippen LogP) is -0.359. The molecule has 0 aliphatic heterocycles. The van der Waals surface area contributed by atoms with Crippen LogP contribution in [0.3, 0.4) is 0 Å². The quantitative estimate of drug-likeness (QED) is 0.487. The summed E-state index contributed by atoms with van der Waals surface area (Å²) in [6.07, 6.45) is 0. The number of hydrogen-bond acceptors (Lipinski definition) is 3.